The number of aliphatic hydroxyl groups is 1. The van der Waals surface area contributed by atoms with E-state index in [1.54, 1.807) is 0 Å². The van der Waals surface area contributed by atoms with E-state index < -0.39 is 5.60 Å². The molecule has 2 unspecified atom stereocenters. The molecule has 0 aliphatic heterocycles. The summed E-state index contributed by atoms with van der Waals surface area (Å²) >= 11 is 0. The van der Waals surface area contributed by atoms with Gasteiger partial charge in [-0.1, -0.05) is 51.5 Å². The third-order valence-corrected chi connectivity index (χ3v) is 5.37. The van der Waals surface area contributed by atoms with Crippen molar-refractivity contribution in [2.75, 3.05) is 0 Å². The smallest absolute Gasteiger partial charge is 0.0906 e. The molecule has 0 spiro atoms. The summed E-state index contributed by atoms with van der Waals surface area (Å²) < 4.78 is 0. The van der Waals surface area contributed by atoms with Crippen molar-refractivity contribution in [3.05, 3.63) is 35.4 Å². The van der Waals surface area contributed by atoms with Gasteiger partial charge in [0.2, 0.25) is 0 Å². The van der Waals surface area contributed by atoms with E-state index in [1.807, 2.05) is 0 Å². The Hall–Kier alpha value is -0.820. The van der Waals surface area contributed by atoms with Gasteiger partial charge in [-0.05, 0) is 60.5 Å². The molecule has 0 amide bonds. The predicted octanol–water partition coefficient (Wildman–Crippen LogP) is 4.99. The maximum atomic E-state index is 11.4. The Balaban J connectivity index is 1.98. The summed E-state index contributed by atoms with van der Waals surface area (Å²) in [6, 6.07) is 8.67. The van der Waals surface area contributed by atoms with E-state index >= 15 is 0 Å². The molecule has 1 heteroatoms. The third kappa shape index (κ3) is 2.53. The average Bonchev–Trinajstić information content (AvgIpc) is 2.23. The Morgan fingerprint density at radius 1 is 1.10 bits per heavy atom. The largest absolute Gasteiger partial charge is 0.385 e. The maximum Gasteiger partial charge on any atom is 0.0906 e. The van der Waals surface area contributed by atoms with Gasteiger partial charge in [0.25, 0.3) is 0 Å². The molecular weight excluding hydrogens is 244 g/mol. The van der Waals surface area contributed by atoms with Crippen LogP contribution >= 0.6 is 0 Å². The number of rotatable bonds is 2. The highest BCUT2D eigenvalue weighted by Crippen LogP contribution is 2.51. The van der Waals surface area contributed by atoms with Gasteiger partial charge in [0.1, 0.15) is 0 Å². The monoisotopic (exact) mass is 272 g/mol. The molecule has 0 saturated heterocycles. The molecule has 2 aliphatic rings. The van der Waals surface area contributed by atoms with Crippen molar-refractivity contribution < 1.29 is 5.11 Å². The summed E-state index contributed by atoms with van der Waals surface area (Å²) in [6.07, 6.45) is 6.98. The standard InChI is InChI=1S/C19H28O/c1-14-11-18(2,3)13-19(20,12-14)17-10-5-4-9-16(17)15-7-6-8-15/h4-5,9-10,14-15,20H,6-8,11-13H2,1-3H3. The van der Waals surface area contributed by atoms with Gasteiger partial charge in [0.15, 0.2) is 0 Å². The quantitative estimate of drug-likeness (QED) is 0.804. The molecule has 2 atom stereocenters. The Morgan fingerprint density at radius 3 is 2.40 bits per heavy atom. The van der Waals surface area contributed by atoms with Crippen LogP contribution in [0.25, 0.3) is 0 Å². The van der Waals surface area contributed by atoms with Crippen LogP contribution in [0.15, 0.2) is 24.3 Å². The van der Waals surface area contributed by atoms with E-state index in [1.165, 1.54) is 36.8 Å². The summed E-state index contributed by atoms with van der Waals surface area (Å²) in [6.45, 7) is 6.90. The van der Waals surface area contributed by atoms with Crippen LogP contribution in [-0.2, 0) is 5.60 Å². The van der Waals surface area contributed by atoms with Gasteiger partial charge in [-0.25, -0.2) is 0 Å². The van der Waals surface area contributed by atoms with E-state index in [0.717, 1.165) is 12.8 Å². The SMILES string of the molecule is CC1CC(C)(C)CC(O)(c2ccccc2C2CCC2)C1. The maximum absolute atomic E-state index is 11.4. The van der Waals surface area contributed by atoms with Crippen molar-refractivity contribution in [2.45, 2.75) is 70.8 Å². The highest BCUT2D eigenvalue weighted by molar-refractivity contribution is 5.37. The molecule has 2 fully saturated rings. The van der Waals surface area contributed by atoms with Crippen LogP contribution in [-0.4, -0.2) is 5.11 Å². The lowest BCUT2D eigenvalue weighted by atomic mass is 9.62. The lowest BCUT2D eigenvalue weighted by molar-refractivity contribution is -0.0644. The van der Waals surface area contributed by atoms with E-state index in [2.05, 4.69) is 45.0 Å². The lowest BCUT2D eigenvalue weighted by Crippen LogP contribution is -2.41. The zero-order valence-corrected chi connectivity index (χ0v) is 13.2. The Labute approximate surface area is 123 Å². The number of benzene rings is 1. The van der Waals surface area contributed by atoms with Gasteiger partial charge in [-0.3, -0.25) is 0 Å². The van der Waals surface area contributed by atoms with Crippen molar-refractivity contribution in [3.63, 3.8) is 0 Å². The second-order valence-corrected chi connectivity index (χ2v) is 8.10. The molecule has 1 N–H and O–H groups in total. The molecule has 3 rings (SSSR count). The highest BCUT2D eigenvalue weighted by Gasteiger charge is 2.44. The zero-order valence-electron chi connectivity index (χ0n) is 13.2. The molecule has 1 aromatic rings. The zero-order chi connectivity index (χ0) is 14.4. The van der Waals surface area contributed by atoms with Gasteiger partial charge < -0.3 is 5.11 Å². The van der Waals surface area contributed by atoms with Crippen molar-refractivity contribution in [2.24, 2.45) is 11.3 Å². The van der Waals surface area contributed by atoms with Crippen LogP contribution in [0.5, 0.6) is 0 Å². The van der Waals surface area contributed by atoms with Crippen LogP contribution in [0.3, 0.4) is 0 Å². The summed E-state index contributed by atoms with van der Waals surface area (Å²) in [7, 11) is 0. The Kier molecular flexibility index (Phi) is 3.44. The van der Waals surface area contributed by atoms with Crippen molar-refractivity contribution in [1.29, 1.82) is 0 Å². The first-order valence-electron chi connectivity index (χ1n) is 8.21. The van der Waals surface area contributed by atoms with Gasteiger partial charge in [0, 0.05) is 0 Å². The van der Waals surface area contributed by atoms with Crippen LogP contribution in [0, 0.1) is 11.3 Å². The minimum absolute atomic E-state index is 0.235. The highest BCUT2D eigenvalue weighted by atomic mass is 16.3. The fraction of sp³-hybridized carbons (Fsp3) is 0.684. The minimum atomic E-state index is -0.618. The van der Waals surface area contributed by atoms with Crippen LogP contribution in [0.4, 0.5) is 0 Å². The van der Waals surface area contributed by atoms with E-state index in [0.29, 0.717) is 11.8 Å². The van der Waals surface area contributed by atoms with Gasteiger partial charge >= 0.3 is 0 Å². The summed E-state index contributed by atoms with van der Waals surface area (Å²) in [5, 5.41) is 11.4. The minimum Gasteiger partial charge on any atom is -0.385 e. The molecule has 1 nitrogen and oxygen atoms in total. The normalized spacial score (nSPS) is 33.7. The molecule has 20 heavy (non-hydrogen) atoms. The predicted molar refractivity (Wildman–Crippen MR) is 83.7 cm³/mol. The van der Waals surface area contributed by atoms with Crippen LogP contribution in [0.2, 0.25) is 0 Å². The molecule has 0 aromatic heterocycles. The molecule has 2 aliphatic carbocycles. The molecule has 0 radical (unpaired) electrons. The second kappa shape index (κ2) is 4.87. The fourth-order valence-corrected chi connectivity index (χ4v) is 4.73. The lowest BCUT2D eigenvalue weighted by Gasteiger charge is -2.46. The first-order chi connectivity index (χ1) is 9.40. The average molecular weight is 272 g/mol. The second-order valence-electron chi connectivity index (χ2n) is 8.10. The Morgan fingerprint density at radius 2 is 1.80 bits per heavy atom. The summed E-state index contributed by atoms with van der Waals surface area (Å²) in [5.41, 5.74) is 2.27. The van der Waals surface area contributed by atoms with Crippen molar-refractivity contribution in [3.8, 4) is 0 Å². The van der Waals surface area contributed by atoms with Gasteiger partial charge in [0.05, 0.1) is 5.60 Å². The summed E-state index contributed by atoms with van der Waals surface area (Å²) in [5.74, 6) is 1.29. The van der Waals surface area contributed by atoms with E-state index in [-0.39, 0.29) is 5.41 Å². The molecule has 0 bridgehead atoms. The first-order valence-corrected chi connectivity index (χ1v) is 8.21. The molecule has 2 saturated carbocycles. The van der Waals surface area contributed by atoms with Crippen molar-refractivity contribution in [1.82, 2.24) is 0 Å². The van der Waals surface area contributed by atoms with Gasteiger partial charge in [-0.2, -0.15) is 0 Å². The summed E-state index contributed by atoms with van der Waals surface area (Å²) in [4.78, 5) is 0. The number of hydrogen-bond acceptors (Lipinski definition) is 1. The fourth-order valence-electron chi connectivity index (χ4n) is 4.73. The van der Waals surface area contributed by atoms with E-state index in [9.17, 15) is 5.11 Å². The van der Waals surface area contributed by atoms with Crippen molar-refractivity contribution >= 4 is 0 Å². The molecule has 1 aromatic carbocycles. The topological polar surface area (TPSA) is 20.2 Å². The Bertz CT molecular complexity index is 486. The van der Waals surface area contributed by atoms with Crippen LogP contribution < -0.4 is 0 Å². The molecular formula is C19H28O. The first kappa shape index (κ1) is 14.1. The number of hydrogen-bond donors (Lipinski definition) is 1. The third-order valence-electron chi connectivity index (χ3n) is 5.37. The molecule has 0 heterocycles. The van der Waals surface area contributed by atoms with E-state index in [4.69, 9.17) is 0 Å². The van der Waals surface area contributed by atoms with Crippen LogP contribution in [0.1, 0.15) is 76.3 Å². The molecule has 110 valence electrons. The van der Waals surface area contributed by atoms with Gasteiger partial charge in [-0.15, -0.1) is 0 Å².